The summed E-state index contributed by atoms with van der Waals surface area (Å²) in [5.41, 5.74) is 2.17. The summed E-state index contributed by atoms with van der Waals surface area (Å²) in [6.45, 7) is 1.56. The van der Waals surface area contributed by atoms with Crippen molar-refractivity contribution in [1.82, 2.24) is 9.80 Å². The molecule has 3 aromatic rings. The van der Waals surface area contributed by atoms with E-state index in [1.165, 1.54) is 0 Å². The van der Waals surface area contributed by atoms with Gasteiger partial charge >= 0.3 is 0 Å². The number of alkyl halides is 1. The van der Waals surface area contributed by atoms with Crippen LogP contribution in [0.4, 0.5) is 0 Å². The van der Waals surface area contributed by atoms with Gasteiger partial charge in [0.05, 0.1) is 13.3 Å². The van der Waals surface area contributed by atoms with Crippen LogP contribution >= 0.6 is 82.0 Å². The van der Waals surface area contributed by atoms with Crippen molar-refractivity contribution in [2.75, 3.05) is 13.2 Å². The molecule has 0 radical (unpaired) electrons. The molecule has 196 valence electrons. The maximum Gasteiger partial charge on any atom is 0.135 e. The van der Waals surface area contributed by atoms with Gasteiger partial charge in [-0.25, -0.2) is 0 Å². The van der Waals surface area contributed by atoms with Crippen LogP contribution in [0.15, 0.2) is 79.1 Å². The standard InChI is InChI=1S/C27H22Cl6N2O.ClH/c28-21-7-4-19(5-8-21)26(36-16-20-6-10-23(30)15-25(20)32)27(33)35-13-12-34(17-35)11-1-2-18-3-9-22(29)14-24(18)31;/h1-10,12-15,26-27H,11,16-17H2;1H/b2-1+;. The lowest BCUT2D eigenvalue weighted by Crippen LogP contribution is -2.35. The van der Waals surface area contributed by atoms with Crippen LogP contribution in [0.5, 0.6) is 0 Å². The summed E-state index contributed by atoms with van der Waals surface area (Å²) in [4.78, 5) is 4.15. The quantitative estimate of drug-likeness (QED) is 0.171. The topological polar surface area (TPSA) is 15.7 Å². The van der Waals surface area contributed by atoms with Gasteiger partial charge in [-0.3, -0.25) is 0 Å². The van der Waals surface area contributed by atoms with Crippen molar-refractivity contribution in [3.05, 3.63) is 121 Å². The monoisotopic (exact) mass is 636 g/mol. The van der Waals surface area contributed by atoms with Gasteiger partial charge in [-0.15, -0.1) is 12.4 Å². The second-order valence-electron chi connectivity index (χ2n) is 8.18. The predicted molar refractivity (Wildman–Crippen MR) is 160 cm³/mol. The molecule has 0 aliphatic carbocycles. The second kappa shape index (κ2) is 14.2. The summed E-state index contributed by atoms with van der Waals surface area (Å²) in [5, 5.41) is 2.98. The van der Waals surface area contributed by atoms with Gasteiger partial charge in [0.1, 0.15) is 11.6 Å². The molecular weight excluding hydrogens is 616 g/mol. The van der Waals surface area contributed by atoms with Crippen LogP contribution in [0.3, 0.4) is 0 Å². The number of benzene rings is 3. The molecule has 1 aliphatic heterocycles. The van der Waals surface area contributed by atoms with Crippen molar-refractivity contribution in [3.63, 3.8) is 0 Å². The Labute approximate surface area is 253 Å². The number of rotatable bonds is 9. The van der Waals surface area contributed by atoms with Crippen molar-refractivity contribution >= 4 is 88.1 Å². The molecule has 2 unspecified atom stereocenters. The van der Waals surface area contributed by atoms with Crippen LogP contribution in [0.25, 0.3) is 6.08 Å². The third kappa shape index (κ3) is 8.36. The van der Waals surface area contributed by atoms with Crippen molar-refractivity contribution in [2.24, 2.45) is 0 Å². The highest BCUT2D eigenvalue weighted by atomic mass is 35.5. The molecule has 0 aromatic heterocycles. The second-order valence-corrected chi connectivity index (χ2v) is 10.8. The van der Waals surface area contributed by atoms with E-state index in [1.807, 2.05) is 71.9 Å². The van der Waals surface area contributed by atoms with E-state index in [-0.39, 0.29) is 19.0 Å². The van der Waals surface area contributed by atoms with Crippen molar-refractivity contribution < 1.29 is 4.74 Å². The molecule has 1 aliphatic rings. The van der Waals surface area contributed by atoms with Crippen LogP contribution in [-0.2, 0) is 11.3 Å². The molecule has 10 heteroatoms. The smallest absolute Gasteiger partial charge is 0.135 e. The Bertz CT molecular complexity index is 1250. The largest absolute Gasteiger partial charge is 0.365 e. The first-order chi connectivity index (χ1) is 17.3. The van der Waals surface area contributed by atoms with Gasteiger partial charge in [-0.1, -0.05) is 106 Å². The lowest BCUT2D eigenvalue weighted by molar-refractivity contribution is 0.00721. The SMILES string of the molecule is Cl.Clc1ccc(C(OCc2ccc(Cl)cc2Cl)C(Cl)N2C=CN(C/C=C/c3ccc(Cl)cc3Cl)C2)cc1. The van der Waals surface area contributed by atoms with E-state index in [4.69, 9.17) is 74.3 Å². The third-order valence-electron chi connectivity index (χ3n) is 5.61. The lowest BCUT2D eigenvalue weighted by atomic mass is 10.1. The predicted octanol–water partition coefficient (Wildman–Crippen LogP) is 9.96. The van der Waals surface area contributed by atoms with Gasteiger partial charge in [-0.2, -0.15) is 0 Å². The zero-order chi connectivity index (χ0) is 25.7. The van der Waals surface area contributed by atoms with Gasteiger partial charge in [0.25, 0.3) is 0 Å². The van der Waals surface area contributed by atoms with Crippen molar-refractivity contribution in [1.29, 1.82) is 0 Å². The lowest BCUT2D eigenvalue weighted by Gasteiger charge is -2.31. The van der Waals surface area contributed by atoms with Crippen LogP contribution in [0, 0.1) is 0 Å². The summed E-state index contributed by atoms with van der Waals surface area (Å²) in [6, 6.07) is 18.3. The fourth-order valence-corrected chi connectivity index (χ4v) is 5.10. The Balaban J connectivity index is 0.00000380. The first-order valence-corrected chi connectivity index (χ1v) is 13.4. The van der Waals surface area contributed by atoms with Crippen LogP contribution in [0.2, 0.25) is 25.1 Å². The van der Waals surface area contributed by atoms with E-state index in [9.17, 15) is 0 Å². The molecule has 0 N–H and O–H groups in total. The number of hydrogen-bond donors (Lipinski definition) is 0. The molecule has 3 aromatic carbocycles. The molecule has 3 nitrogen and oxygen atoms in total. The maximum absolute atomic E-state index is 6.98. The van der Waals surface area contributed by atoms with Crippen LogP contribution in [-0.4, -0.2) is 28.5 Å². The van der Waals surface area contributed by atoms with E-state index in [1.54, 1.807) is 18.2 Å². The van der Waals surface area contributed by atoms with E-state index < -0.39 is 11.6 Å². The normalized spacial score (nSPS) is 14.8. The average molecular weight is 640 g/mol. The highest BCUT2D eigenvalue weighted by Gasteiger charge is 2.29. The number of halogens is 7. The Hall–Kier alpha value is -1.27. The average Bonchev–Trinajstić information content (AvgIpc) is 3.32. The molecule has 0 spiro atoms. The Morgan fingerprint density at radius 2 is 1.46 bits per heavy atom. The highest BCUT2D eigenvalue weighted by molar-refractivity contribution is 6.36. The first-order valence-electron chi connectivity index (χ1n) is 11.0. The minimum atomic E-state index is -0.479. The van der Waals surface area contributed by atoms with Gasteiger partial charge in [-0.05, 0) is 53.1 Å². The Kier molecular flexibility index (Phi) is 11.6. The molecule has 1 heterocycles. The van der Waals surface area contributed by atoms with E-state index in [0.29, 0.717) is 38.3 Å². The summed E-state index contributed by atoms with van der Waals surface area (Å²) < 4.78 is 6.31. The summed E-state index contributed by atoms with van der Waals surface area (Å²) in [6.07, 6.45) is 7.54. The zero-order valence-electron chi connectivity index (χ0n) is 19.3. The summed E-state index contributed by atoms with van der Waals surface area (Å²) in [5.74, 6) is 0. The minimum absolute atomic E-state index is 0. The number of nitrogens with zero attached hydrogens (tertiary/aromatic N) is 2. The highest BCUT2D eigenvalue weighted by Crippen LogP contribution is 2.33. The van der Waals surface area contributed by atoms with Crippen LogP contribution < -0.4 is 0 Å². The zero-order valence-corrected chi connectivity index (χ0v) is 24.7. The summed E-state index contributed by atoms with van der Waals surface area (Å²) in [7, 11) is 0. The Morgan fingerprint density at radius 1 is 0.811 bits per heavy atom. The number of ether oxygens (including phenoxy) is 1. The van der Waals surface area contributed by atoms with E-state index >= 15 is 0 Å². The minimum Gasteiger partial charge on any atom is -0.365 e. The van der Waals surface area contributed by atoms with Gasteiger partial charge in [0, 0.05) is 44.1 Å². The van der Waals surface area contributed by atoms with Crippen LogP contribution in [0.1, 0.15) is 22.8 Å². The fraction of sp³-hybridized carbons (Fsp3) is 0.185. The van der Waals surface area contributed by atoms with Crippen molar-refractivity contribution in [2.45, 2.75) is 18.2 Å². The molecule has 4 rings (SSSR count). The molecule has 2 atom stereocenters. The fourth-order valence-electron chi connectivity index (χ4n) is 3.69. The maximum atomic E-state index is 6.98. The molecule has 0 saturated carbocycles. The van der Waals surface area contributed by atoms with Gasteiger partial charge in [0.2, 0.25) is 0 Å². The molecule has 37 heavy (non-hydrogen) atoms. The van der Waals surface area contributed by atoms with E-state index in [0.717, 1.165) is 16.7 Å². The summed E-state index contributed by atoms with van der Waals surface area (Å²) >= 11 is 37.7. The molecular formula is C27H23Cl7N2O. The van der Waals surface area contributed by atoms with E-state index in [2.05, 4.69) is 4.90 Å². The number of hydrogen-bond acceptors (Lipinski definition) is 3. The molecule has 0 amide bonds. The molecule has 0 bridgehead atoms. The first kappa shape index (κ1) is 30.3. The van der Waals surface area contributed by atoms with Crippen molar-refractivity contribution in [3.8, 4) is 0 Å². The molecule has 0 saturated heterocycles. The molecule has 0 fully saturated rings. The third-order valence-corrected chi connectivity index (χ3v) is 7.49. The van der Waals surface area contributed by atoms with Gasteiger partial charge in [0.15, 0.2) is 0 Å². The van der Waals surface area contributed by atoms with Gasteiger partial charge < -0.3 is 14.5 Å². The Morgan fingerprint density at radius 3 is 2.14 bits per heavy atom.